The van der Waals surface area contributed by atoms with E-state index >= 15 is 0 Å². The normalized spacial score (nSPS) is 19.3. The maximum absolute atomic E-state index is 12.0. The number of carbonyl (C=O) groups excluding carboxylic acids is 1. The maximum atomic E-state index is 12.0. The summed E-state index contributed by atoms with van der Waals surface area (Å²) in [6, 6.07) is 7.41. The van der Waals surface area contributed by atoms with E-state index in [4.69, 9.17) is 9.26 Å². The van der Waals surface area contributed by atoms with Gasteiger partial charge in [-0.3, -0.25) is 9.32 Å². The minimum absolute atomic E-state index is 0.0106. The van der Waals surface area contributed by atoms with Crippen LogP contribution in [-0.4, -0.2) is 22.3 Å². The third kappa shape index (κ3) is 2.10. The van der Waals surface area contributed by atoms with Gasteiger partial charge >= 0.3 is 11.7 Å². The number of fused-ring (bicyclic) bond motifs is 3. The fourth-order valence-electron chi connectivity index (χ4n) is 2.60. The van der Waals surface area contributed by atoms with Gasteiger partial charge in [0.15, 0.2) is 5.82 Å². The fraction of sp³-hybridized carbons (Fsp3) is 0.357. The largest absolute Gasteiger partial charge is 0.466 e. The zero-order valence-electron chi connectivity index (χ0n) is 11.8. The molecule has 0 aliphatic carbocycles. The fourth-order valence-corrected chi connectivity index (χ4v) is 2.60. The van der Waals surface area contributed by atoms with Crippen molar-refractivity contribution in [2.75, 3.05) is 11.9 Å². The number of para-hydroxylation sites is 1. The highest BCUT2D eigenvalue weighted by atomic mass is 16.5. The van der Waals surface area contributed by atoms with Gasteiger partial charge < -0.3 is 10.1 Å². The lowest BCUT2D eigenvalue weighted by Crippen LogP contribution is -2.47. The molecule has 0 fully saturated rings. The van der Waals surface area contributed by atoms with Gasteiger partial charge in [-0.05, 0) is 26.0 Å². The molecule has 2 heterocycles. The smallest absolute Gasteiger partial charge is 0.443 e. The summed E-state index contributed by atoms with van der Waals surface area (Å²) in [6.45, 7) is 3.76. The Labute approximate surface area is 120 Å². The van der Waals surface area contributed by atoms with Gasteiger partial charge in [-0.25, -0.2) is 9.36 Å². The van der Waals surface area contributed by atoms with E-state index in [9.17, 15) is 9.59 Å². The Kier molecular flexibility index (Phi) is 3.04. The van der Waals surface area contributed by atoms with Crippen molar-refractivity contribution in [1.82, 2.24) is 9.72 Å². The van der Waals surface area contributed by atoms with Crippen LogP contribution in [0.4, 0.5) is 5.69 Å². The molecule has 1 atom stereocenters. The summed E-state index contributed by atoms with van der Waals surface area (Å²) < 4.78 is 11.1. The molecule has 1 aromatic heterocycles. The molecule has 110 valence electrons. The first-order chi connectivity index (χ1) is 10.0. The minimum Gasteiger partial charge on any atom is -0.466 e. The topological polar surface area (TPSA) is 86.4 Å². The summed E-state index contributed by atoms with van der Waals surface area (Å²) in [5.74, 6) is -0.606. The van der Waals surface area contributed by atoms with Crippen molar-refractivity contribution in [3.8, 4) is 11.4 Å². The Morgan fingerprint density at radius 1 is 1.48 bits per heavy atom. The van der Waals surface area contributed by atoms with E-state index in [0.29, 0.717) is 5.82 Å². The summed E-state index contributed by atoms with van der Waals surface area (Å²) >= 11 is 0. The van der Waals surface area contributed by atoms with Gasteiger partial charge in [0.2, 0.25) is 0 Å². The third-order valence-electron chi connectivity index (χ3n) is 3.46. The molecule has 0 amide bonds. The minimum atomic E-state index is -0.979. The van der Waals surface area contributed by atoms with Crippen molar-refractivity contribution in [2.45, 2.75) is 25.9 Å². The first-order valence-corrected chi connectivity index (χ1v) is 6.67. The molecule has 1 N–H and O–H groups in total. The van der Waals surface area contributed by atoms with Gasteiger partial charge in [0, 0.05) is 11.3 Å². The molecule has 1 aliphatic rings. The van der Waals surface area contributed by atoms with E-state index in [0.717, 1.165) is 11.3 Å². The van der Waals surface area contributed by atoms with Crippen molar-refractivity contribution in [2.24, 2.45) is 0 Å². The molecule has 0 saturated heterocycles. The summed E-state index contributed by atoms with van der Waals surface area (Å²) in [5, 5.41) is 7.04. The van der Waals surface area contributed by atoms with Crippen LogP contribution in [-0.2, 0) is 15.2 Å². The lowest BCUT2D eigenvalue weighted by atomic mass is 10.0. The number of anilines is 1. The molecule has 0 radical (unpaired) electrons. The molecule has 1 aromatic carbocycles. The first kappa shape index (κ1) is 13.4. The second-order valence-electron chi connectivity index (χ2n) is 5.03. The van der Waals surface area contributed by atoms with Crippen molar-refractivity contribution in [1.29, 1.82) is 0 Å². The van der Waals surface area contributed by atoms with Crippen LogP contribution in [0, 0.1) is 0 Å². The molecule has 2 aromatic rings. The van der Waals surface area contributed by atoms with Crippen LogP contribution in [0.25, 0.3) is 11.4 Å². The van der Waals surface area contributed by atoms with Gasteiger partial charge in [0.05, 0.1) is 13.0 Å². The molecule has 0 spiro atoms. The zero-order valence-corrected chi connectivity index (χ0v) is 11.8. The number of benzene rings is 1. The zero-order chi connectivity index (χ0) is 15.0. The molecular weight excluding hydrogens is 274 g/mol. The number of hydrogen-bond acceptors (Lipinski definition) is 6. The average molecular weight is 289 g/mol. The third-order valence-corrected chi connectivity index (χ3v) is 3.46. The number of rotatable bonds is 3. The van der Waals surface area contributed by atoms with Gasteiger partial charge in [-0.1, -0.05) is 17.3 Å². The number of hydrogen-bond donors (Lipinski definition) is 1. The van der Waals surface area contributed by atoms with E-state index in [-0.39, 0.29) is 13.0 Å². The lowest BCUT2D eigenvalue weighted by Gasteiger charge is -2.36. The van der Waals surface area contributed by atoms with Crippen molar-refractivity contribution in [3.05, 3.63) is 34.8 Å². The molecule has 21 heavy (non-hydrogen) atoms. The maximum Gasteiger partial charge on any atom is 0.443 e. The Morgan fingerprint density at radius 3 is 3.00 bits per heavy atom. The van der Waals surface area contributed by atoms with Gasteiger partial charge in [0.25, 0.3) is 0 Å². The first-order valence-electron chi connectivity index (χ1n) is 6.67. The number of carbonyl (C=O) groups is 1. The van der Waals surface area contributed by atoms with Crippen molar-refractivity contribution < 1.29 is 14.1 Å². The van der Waals surface area contributed by atoms with Crippen LogP contribution in [0.2, 0.25) is 0 Å². The molecule has 7 nitrogen and oxygen atoms in total. The number of ether oxygens (including phenoxy) is 1. The van der Waals surface area contributed by atoms with E-state index < -0.39 is 17.4 Å². The molecule has 0 bridgehead atoms. The Hall–Kier alpha value is -2.57. The van der Waals surface area contributed by atoms with Gasteiger partial charge in [-0.2, -0.15) is 0 Å². The average Bonchev–Trinajstić information content (AvgIpc) is 2.82. The molecule has 1 unspecified atom stereocenters. The van der Waals surface area contributed by atoms with Crippen LogP contribution >= 0.6 is 0 Å². The van der Waals surface area contributed by atoms with Crippen LogP contribution in [0.15, 0.2) is 33.6 Å². The number of aromatic nitrogens is 2. The standard InChI is InChI=1S/C14H15N3O4/c1-3-20-11(18)8-14(2)15-10-7-5-4-6-9(10)12-16-21-13(19)17(12)14/h4-7,15H,3,8H2,1-2H3. The second kappa shape index (κ2) is 4.76. The Bertz CT molecular complexity index is 749. The molecule has 0 saturated carbocycles. The number of nitrogens with one attached hydrogen (secondary N) is 1. The molecular formula is C14H15N3O4. The van der Waals surface area contributed by atoms with Crippen LogP contribution < -0.4 is 11.1 Å². The van der Waals surface area contributed by atoms with Crippen molar-refractivity contribution >= 4 is 11.7 Å². The quantitative estimate of drug-likeness (QED) is 0.863. The van der Waals surface area contributed by atoms with E-state index in [1.807, 2.05) is 24.3 Å². The predicted molar refractivity (Wildman–Crippen MR) is 74.7 cm³/mol. The molecule has 1 aliphatic heterocycles. The summed E-state index contributed by atoms with van der Waals surface area (Å²) in [5.41, 5.74) is 0.565. The second-order valence-corrected chi connectivity index (χ2v) is 5.03. The van der Waals surface area contributed by atoms with E-state index in [1.165, 1.54) is 4.57 Å². The Morgan fingerprint density at radius 2 is 2.24 bits per heavy atom. The van der Waals surface area contributed by atoms with E-state index in [1.54, 1.807) is 13.8 Å². The SMILES string of the molecule is CCOC(=O)CC1(C)Nc2ccccc2-c2noc(=O)n21. The predicted octanol–water partition coefficient (Wildman–Crippen LogP) is 1.55. The van der Waals surface area contributed by atoms with Crippen LogP contribution in [0.3, 0.4) is 0 Å². The molecule has 3 rings (SSSR count). The summed E-state index contributed by atoms with van der Waals surface area (Å²) in [6.07, 6.45) is -0.0106. The summed E-state index contributed by atoms with van der Waals surface area (Å²) in [7, 11) is 0. The van der Waals surface area contributed by atoms with Gasteiger partial charge in [0.1, 0.15) is 5.66 Å². The monoisotopic (exact) mass is 289 g/mol. The Balaban J connectivity index is 2.11. The lowest BCUT2D eigenvalue weighted by molar-refractivity contribution is -0.145. The highest BCUT2D eigenvalue weighted by molar-refractivity contribution is 5.78. The van der Waals surface area contributed by atoms with E-state index in [2.05, 4.69) is 10.5 Å². The molecule has 7 heteroatoms. The van der Waals surface area contributed by atoms with Crippen LogP contribution in [0.5, 0.6) is 0 Å². The van der Waals surface area contributed by atoms with Crippen molar-refractivity contribution in [3.63, 3.8) is 0 Å². The highest BCUT2D eigenvalue weighted by Crippen LogP contribution is 2.37. The summed E-state index contributed by atoms with van der Waals surface area (Å²) in [4.78, 5) is 23.8. The highest BCUT2D eigenvalue weighted by Gasteiger charge is 2.39. The number of esters is 1. The number of nitrogens with zero attached hydrogens (tertiary/aromatic N) is 2. The van der Waals surface area contributed by atoms with Crippen LogP contribution in [0.1, 0.15) is 20.3 Å². The van der Waals surface area contributed by atoms with Gasteiger partial charge in [-0.15, -0.1) is 0 Å².